The Morgan fingerprint density at radius 3 is 2.61 bits per heavy atom. The third-order valence-electron chi connectivity index (χ3n) is 4.97. The van der Waals surface area contributed by atoms with E-state index in [1.807, 2.05) is 12.1 Å². The predicted octanol–water partition coefficient (Wildman–Crippen LogP) is 3.51. The molecule has 1 unspecified atom stereocenters. The number of benzene rings is 1. The Morgan fingerprint density at radius 1 is 1.32 bits per heavy atom. The number of hydrogen-bond donors (Lipinski definition) is 2. The van der Waals surface area contributed by atoms with E-state index in [2.05, 4.69) is 15.3 Å². The van der Waals surface area contributed by atoms with Crippen molar-refractivity contribution in [3.63, 3.8) is 0 Å². The van der Waals surface area contributed by atoms with E-state index < -0.39 is 11.7 Å². The Labute approximate surface area is 162 Å². The average Bonchev–Trinajstić information content (AvgIpc) is 3.05. The number of nitrogens with zero attached hydrogens (tertiary/aromatic N) is 3. The van der Waals surface area contributed by atoms with Crippen LogP contribution in [0.2, 0.25) is 0 Å². The lowest BCUT2D eigenvalue weighted by Crippen LogP contribution is -2.34. The highest BCUT2D eigenvalue weighted by Gasteiger charge is 2.32. The number of aromatic nitrogens is 3. The number of carbonyl (C=O) groups excluding carboxylic acids is 1. The number of hydrogen-bond acceptors (Lipinski definition) is 5. The minimum atomic E-state index is -1.18. The summed E-state index contributed by atoms with van der Waals surface area (Å²) < 4.78 is 21.0. The van der Waals surface area contributed by atoms with Gasteiger partial charge >= 0.3 is 0 Å². The summed E-state index contributed by atoms with van der Waals surface area (Å²) in [5.41, 5.74) is 7.44. The molecule has 0 saturated heterocycles. The van der Waals surface area contributed by atoms with Crippen molar-refractivity contribution in [3.8, 4) is 0 Å². The lowest BCUT2D eigenvalue weighted by molar-refractivity contribution is 0.102. The Morgan fingerprint density at radius 2 is 2.00 bits per heavy atom. The number of anilines is 2. The Kier molecular flexibility index (Phi) is 5.33. The molecular weight excluding hydrogens is 361 g/mol. The van der Waals surface area contributed by atoms with Crippen LogP contribution in [0.3, 0.4) is 0 Å². The van der Waals surface area contributed by atoms with Crippen LogP contribution in [0.1, 0.15) is 36.7 Å². The van der Waals surface area contributed by atoms with Crippen LogP contribution in [0.4, 0.5) is 15.9 Å². The van der Waals surface area contributed by atoms with E-state index in [0.29, 0.717) is 28.9 Å². The number of rotatable bonds is 6. The normalized spacial score (nSPS) is 12.9. The number of methoxy groups -OCH3 is 1. The fraction of sp³-hybridized carbons (Fsp3) is 0.350. The number of amides is 1. The van der Waals surface area contributed by atoms with E-state index in [1.54, 1.807) is 43.9 Å². The lowest BCUT2D eigenvalue weighted by atomic mass is 10.00. The molecule has 0 aliphatic carbocycles. The van der Waals surface area contributed by atoms with Gasteiger partial charge in [-0.15, -0.1) is 0 Å². The maximum Gasteiger partial charge on any atom is 0.258 e. The predicted molar refractivity (Wildman–Crippen MR) is 107 cm³/mol. The molecular formula is C20H24FN5O2. The van der Waals surface area contributed by atoms with E-state index in [-0.39, 0.29) is 11.7 Å². The third kappa shape index (κ3) is 3.55. The van der Waals surface area contributed by atoms with E-state index in [4.69, 9.17) is 10.5 Å². The molecule has 3 aromatic rings. The zero-order valence-corrected chi connectivity index (χ0v) is 16.4. The fourth-order valence-corrected chi connectivity index (χ4v) is 2.94. The van der Waals surface area contributed by atoms with Crippen molar-refractivity contribution in [2.24, 2.45) is 0 Å². The Balaban J connectivity index is 2.01. The number of ether oxygens (including phenoxy) is 1. The summed E-state index contributed by atoms with van der Waals surface area (Å²) in [6.07, 6.45) is 1.72. The first-order chi connectivity index (χ1) is 13.3. The quantitative estimate of drug-likeness (QED) is 0.677. The van der Waals surface area contributed by atoms with E-state index in [0.717, 1.165) is 5.56 Å². The van der Waals surface area contributed by atoms with Gasteiger partial charge in [0.2, 0.25) is 0 Å². The van der Waals surface area contributed by atoms with Crippen molar-refractivity contribution >= 4 is 28.4 Å². The van der Waals surface area contributed by atoms with Crippen LogP contribution in [-0.4, -0.2) is 33.7 Å². The van der Waals surface area contributed by atoms with E-state index in [9.17, 15) is 9.18 Å². The summed E-state index contributed by atoms with van der Waals surface area (Å²) in [5, 5.41) is 3.25. The van der Waals surface area contributed by atoms with Crippen molar-refractivity contribution in [2.75, 3.05) is 18.2 Å². The first kappa shape index (κ1) is 19.8. The smallest absolute Gasteiger partial charge is 0.258 e. The molecule has 28 heavy (non-hydrogen) atoms. The second-order valence-corrected chi connectivity index (χ2v) is 7.22. The minimum Gasteiger partial charge on any atom is -0.383 e. The number of alkyl halides is 1. The van der Waals surface area contributed by atoms with Crippen molar-refractivity contribution in [3.05, 3.63) is 47.9 Å². The highest BCUT2D eigenvalue weighted by atomic mass is 19.1. The first-order valence-electron chi connectivity index (χ1n) is 8.91. The molecule has 2 aromatic heterocycles. The SMILES string of the molecule is COCc1ccc(NC(=O)c2cn(C(C)(C)C(C)F)c3ncnc(N)c23)cc1. The number of nitrogens with one attached hydrogen (secondary N) is 1. The highest BCUT2D eigenvalue weighted by molar-refractivity contribution is 6.14. The molecule has 8 heteroatoms. The highest BCUT2D eigenvalue weighted by Crippen LogP contribution is 2.32. The molecule has 1 amide bonds. The van der Waals surface area contributed by atoms with Gasteiger partial charge in [0.1, 0.15) is 24.0 Å². The van der Waals surface area contributed by atoms with Crippen LogP contribution in [-0.2, 0) is 16.9 Å². The summed E-state index contributed by atoms with van der Waals surface area (Å²) in [5.74, 6) is -0.196. The number of carbonyl (C=O) groups is 1. The molecule has 148 valence electrons. The standard InChI is InChI=1S/C20H24FN5O2/c1-12(21)20(2,3)26-9-15(16-17(22)23-11-24-18(16)26)19(27)25-14-7-5-13(6-8-14)10-28-4/h5-9,11-12H,10H2,1-4H3,(H,25,27)(H2,22,23,24). The fourth-order valence-electron chi connectivity index (χ4n) is 2.94. The van der Waals surface area contributed by atoms with Gasteiger partial charge in [0, 0.05) is 19.0 Å². The molecule has 0 aliphatic rings. The summed E-state index contributed by atoms with van der Waals surface area (Å²) in [7, 11) is 1.62. The third-order valence-corrected chi connectivity index (χ3v) is 4.97. The molecule has 0 bridgehead atoms. The Bertz CT molecular complexity index is 996. The topological polar surface area (TPSA) is 95.1 Å². The number of nitrogens with two attached hydrogens (primary N) is 1. The monoisotopic (exact) mass is 385 g/mol. The van der Waals surface area contributed by atoms with Crippen molar-refractivity contribution < 1.29 is 13.9 Å². The van der Waals surface area contributed by atoms with Gasteiger partial charge in [-0.3, -0.25) is 4.79 Å². The molecule has 7 nitrogen and oxygen atoms in total. The average molecular weight is 385 g/mol. The van der Waals surface area contributed by atoms with Gasteiger partial charge in [-0.05, 0) is 38.5 Å². The Hall–Kier alpha value is -3.00. The van der Waals surface area contributed by atoms with Crippen LogP contribution >= 0.6 is 0 Å². The molecule has 0 aliphatic heterocycles. The van der Waals surface area contributed by atoms with Crippen LogP contribution < -0.4 is 11.1 Å². The zero-order valence-electron chi connectivity index (χ0n) is 16.4. The second-order valence-electron chi connectivity index (χ2n) is 7.22. The lowest BCUT2D eigenvalue weighted by Gasteiger charge is -2.29. The first-order valence-corrected chi connectivity index (χ1v) is 8.91. The molecule has 1 atom stereocenters. The molecule has 1 aromatic carbocycles. The molecule has 0 spiro atoms. The molecule has 2 heterocycles. The molecule has 3 rings (SSSR count). The maximum absolute atomic E-state index is 14.2. The van der Waals surface area contributed by atoms with Crippen molar-refractivity contribution in [1.29, 1.82) is 0 Å². The molecule has 0 radical (unpaired) electrons. The summed E-state index contributed by atoms with van der Waals surface area (Å²) in [6, 6.07) is 7.32. The van der Waals surface area contributed by atoms with Gasteiger partial charge in [-0.25, -0.2) is 14.4 Å². The van der Waals surface area contributed by atoms with Gasteiger partial charge in [-0.1, -0.05) is 12.1 Å². The molecule has 3 N–H and O–H groups in total. The second kappa shape index (κ2) is 7.55. The van der Waals surface area contributed by atoms with E-state index in [1.165, 1.54) is 13.3 Å². The van der Waals surface area contributed by atoms with Crippen LogP contribution in [0.5, 0.6) is 0 Å². The largest absolute Gasteiger partial charge is 0.383 e. The zero-order chi connectivity index (χ0) is 20.5. The number of nitrogen functional groups attached to an aromatic ring is 1. The molecule has 0 saturated carbocycles. The summed E-state index contributed by atoms with van der Waals surface area (Å²) >= 11 is 0. The van der Waals surface area contributed by atoms with Gasteiger partial charge < -0.3 is 20.4 Å². The van der Waals surface area contributed by atoms with Crippen molar-refractivity contribution in [1.82, 2.24) is 14.5 Å². The minimum absolute atomic E-state index is 0.173. The van der Waals surface area contributed by atoms with Gasteiger partial charge in [0.25, 0.3) is 5.91 Å². The van der Waals surface area contributed by atoms with Crippen LogP contribution in [0, 0.1) is 0 Å². The van der Waals surface area contributed by atoms with Crippen LogP contribution in [0.25, 0.3) is 11.0 Å². The summed E-state index contributed by atoms with van der Waals surface area (Å²) in [6.45, 7) is 5.45. The molecule has 0 fully saturated rings. The number of halogens is 1. The number of fused-ring (bicyclic) bond motifs is 1. The summed E-state index contributed by atoms with van der Waals surface area (Å²) in [4.78, 5) is 21.2. The van der Waals surface area contributed by atoms with Crippen LogP contribution in [0.15, 0.2) is 36.8 Å². The van der Waals surface area contributed by atoms with E-state index >= 15 is 0 Å². The van der Waals surface area contributed by atoms with Gasteiger partial charge in [0.15, 0.2) is 0 Å². The maximum atomic E-state index is 14.2. The van der Waals surface area contributed by atoms with Gasteiger partial charge in [0.05, 0.1) is 23.1 Å². The van der Waals surface area contributed by atoms with Crippen molar-refractivity contribution in [2.45, 2.75) is 39.1 Å². The van der Waals surface area contributed by atoms with Gasteiger partial charge in [-0.2, -0.15) is 0 Å².